The molecule has 0 aliphatic heterocycles. The number of pyridine rings is 1. The maximum Gasteiger partial charge on any atom is 0.281 e. The average molecular weight is 281 g/mol. The number of H-pyrrole nitrogens is 1. The van der Waals surface area contributed by atoms with Gasteiger partial charge in [-0.05, 0) is 30.0 Å². The molecule has 3 heterocycles. The number of para-hydroxylation sites is 1. The highest BCUT2D eigenvalue weighted by atomic mass is 32.1. The second kappa shape index (κ2) is 4.05. The quantitative estimate of drug-likeness (QED) is 0.582. The fraction of sp³-hybridized carbons (Fsp3) is 0.0667. The van der Waals surface area contributed by atoms with E-state index in [1.165, 1.54) is 0 Å². The number of rotatable bonds is 1. The van der Waals surface area contributed by atoms with Crippen LogP contribution < -0.4 is 5.56 Å². The summed E-state index contributed by atoms with van der Waals surface area (Å²) in [6.07, 6.45) is 1.65. The molecule has 20 heavy (non-hydrogen) atoms. The summed E-state index contributed by atoms with van der Waals surface area (Å²) in [5.74, 6) is 0. The predicted octanol–water partition coefficient (Wildman–Crippen LogP) is 3.24. The van der Waals surface area contributed by atoms with Crippen molar-refractivity contribution in [2.75, 3.05) is 0 Å². The third kappa shape index (κ3) is 1.53. The first-order valence-electron chi connectivity index (χ1n) is 6.28. The van der Waals surface area contributed by atoms with E-state index in [-0.39, 0.29) is 5.56 Å². The van der Waals surface area contributed by atoms with Gasteiger partial charge in [-0.15, -0.1) is 11.3 Å². The van der Waals surface area contributed by atoms with Gasteiger partial charge in [0.25, 0.3) is 5.56 Å². The molecule has 0 bridgehead atoms. The van der Waals surface area contributed by atoms with Crippen molar-refractivity contribution in [3.63, 3.8) is 0 Å². The Hall–Kier alpha value is -2.40. The topological polar surface area (TPSA) is 50.7 Å². The molecule has 98 valence electrons. The third-order valence-electron chi connectivity index (χ3n) is 3.37. The zero-order valence-electron chi connectivity index (χ0n) is 10.8. The highest BCUT2D eigenvalue weighted by Crippen LogP contribution is 2.22. The lowest BCUT2D eigenvalue weighted by Gasteiger charge is -1.97. The number of nitrogens with one attached hydrogen (secondary N) is 1. The van der Waals surface area contributed by atoms with Crippen LogP contribution in [-0.4, -0.2) is 14.8 Å². The van der Waals surface area contributed by atoms with Gasteiger partial charge in [0.1, 0.15) is 5.00 Å². The fourth-order valence-corrected chi connectivity index (χ4v) is 3.26. The van der Waals surface area contributed by atoms with Gasteiger partial charge in [-0.1, -0.05) is 18.2 Å². The van der Waals surface area contributed by atoms with E-state index in [4.69, 9.17) is 0 Å². The summed E-state index contributed by atoms with van der Waals surface area (Å²) in [6.45, 7) is 2.02. The van der Waals surface area contributed by atoms with Gasteiger partial charge in [-0.3, -0.25) is 14.9 Å². The minimum atomic E-state index is -0.0555. The summed E-state index contributed by atoms with van der Waals surface area (Å²) in [6, 6.07) is 9.81. The van der Waals surface area contributed by atoms with Crippen LogP contribution >= 0.6 is 11.3 Å². The van der Waals surface area contributed by atoms with E-state index < -0.39 is 0 Å². The monoisotopic (exact) mass is 281 g/mol. The van der Waals surface area contributed by atoms with E-state index in [0.717, 1.165) is 27.0 Å². The molecular formula is C15H11N3OS. The molecule has 1 aromatic carbocycles. The molecule has 0 fully saturated rings. The Morgan fingerprint density at radius 3 is 2.90 bits per heavy atom. The van der Waals surface area contributed by atoms with Crippen molar-refractivity contribution in [1.82, 2.24) is 14.8 Å². The number of fused-ring (bicyclic) bond motifs is 3. The van der Waals surface area contributed by atoms with Crippen LogP contribution in [0.4, 0.5) is 0 Å². The van der Waals surface area contributed by atoms with Crippen molar-refractivity contribution in [3.05, 3.63) is 57.8 Å². The zero-order valence-corrected chi connectivity index (χ0v) is 11.6. The van der Waals surface area contributed by atoms with Gasteiger partial charge < -0.3 is 0 Å². The number of hydrogen-bond donors (Lipinski definition) is 1. The molecule has 0 aliphatic carbocycles. The van der Waals surface area contributed by atoms with Crippen LogP contribution in [0.5, 0.6) is 0 Å². The maximum absolute atomic E-state index is 12.5. The highest BCUT2D eigenvalue weighted by molar-refractivity contribution is 7.12. The minimum absolute atomic E-state index is 0.0555. The van der Waals surface area contributed by atoms with Crippen molar-refractivity contribution in [3.8, 4) is 5.00 Å². The van der Waals surface area contributed by atoms with Gasteiger partial charge in [-0.2, -0.15) is 0 Å². The summed E-state index contributed by atoms with van der Waals surface area (Å²) in [7, 11) is 0. The van der Waals surface area contributed by atoms with Crippen LogP contribution in [0.2, 0.25) is 0 Å². The van der Waals surface area contributed by atoms with Crippen LogP contribution in [0.1, 0.15) is 5.56 Å². The largest absolute Gasteiger partial charge is 0.289 e. The van der Waals surface area contributed by atoms with Crippen LogP contribution in [-0.2, 0) is 0 Å². The molecule has 0 unspecified atom stereocenters. The molecule has 3 aromatic heterocycles. The Morgan fingerprint density at radius 2 is 2.10 bits per heavy atom. The first kappa shape index (κ1) is 11.4. The molecule has 0 saturated carbocycles. The molecule has 4 rings (SSSR count). The van der Waals surface area contributed by atoms with Gasteiger partial charge >= 0.3 is 0 Å². The second-order valence-corrected chi connectivity index (χ2v) is 5.67. The zero-order chi connectivity index (χ0) is 13.7. The first-order chi connectivity index (χ1) is 9.74. The molecule has 5 heteroatoms. The molecule has 0 saturated heterocycles. The van der Waals surface area contributed by atoms with Gasteiger partial charge in [0.2, 0.25) is 0 Å². The van der Waals surface area contributed by atoms with Crippen molar-refractivity contribution >= 4 is 33.1 Å². The summed E-state index contributed by atoms with van der Waals surface area (Å²) in [5, 5.41) is 7.73. The average Bonchev–Trinajstić information content (AvgIpc) is 3.03. The predicted molar refractivity (Wildman–Crippen MR) is 81.8 cm³/mol. The fourth-order valence-electron chi connectivity index (χ4n) is 2.40. The minimum Gasteiger partial charge on any atom is -0.289 e. The van der Waals surface area contributed by atoms with E-state index in [1.54, 1.807) is 22.2 Å². The summed E-state index contributed by atoms with van der Waals surface area (Å²) in [5.41, 5.74) is 2.82. The first-order valence-corrected chi connectivity index (χ1v) is 7.16. The summed E-state index contributed by atoms with van der Waals surface area (Å²) >= 11 is 1.55. The second-order valence-electron chi connectivity index (χ2n) is 4.78. The van der Waals surface area contributed by atoms with Crippen molar-refractivity contribution < 1.29 is 0 Å². The van der Waals surface area contributed by atoms with Crippen LogP contribution in [0.15, 0.2) is 46.7 Å². The summed E-state index contributed by atoms with van der Waals surface area (Å²) < 4.78 is 1.59. The van der Waals surface area contributed by atoms with Crippen LogP contribution in [0.25, 0.3) is 26.8 Å². The summed E-state index contributed by atoms with van der Waals surface area (Å²) in [4.78, 5) is 16.8. The molecular weight excluding hydrogens is 270 g/mol. The Balaban J connectivity index is 2.12. The lowest BCUT2D eigenvalue weighted by molar-refractivity contribution is 0.881. The van der Waals surface area contributed by atoms with E-state index in [0.29, 0.717) is 5.39 Å². The van der Waals surface area contributed by atoms with Crippen molar-refractivity contribution in [2.24, 2.45) is 0 Å². The lowest BCUT2D eigenvalue weighted by atomic mass is 10.2. The number of aryl methyl sites for hydroxylation is 1. The van der Waals surface area contributed by atoms with Crippen molar-refractivity contribution in [1.29, 1.82) is 0 Å². The van der Waals surface area contributed by atoms with Gasteiger partial charge in [0.05, 0.1) is 16.4 Å². The van der Waals surface area contributed by atoms with Crippen LogP contribution in [0.3, 0.4) is 0 Å². The smallest absolute Gasteiger partial charge is 0.281 e. The normalized spacial score (nSPS) is 11.4. The van der Waals surface area contributed by atoms with Gasteiger partial charge in [0.15, 0.2) is 0 Å². The van der Waals surface area contributed by atoms with E-state index >= 15 is 0 Å². The van der Waals surface area contributed by atoms with E-state index in [2.05, 4.69) is 10.1 Å². The number of thiophene rings is 1. The Labute approximate surface area is 118 Å². The molecule has 0 spiro atoms. The number of benzene rings is 1. The number of nitrogens with zero attached hydrogens (tertiary/aromatic N) is 2. The van der Waals surface area contributed by atoms with Crippen LogP contribution in [0, 0.1) is 6.92 Å². The Bertz CT molecular complexity index is 993. The molecule has 0 amide bonds. The Morgan fingerprint density at radius 1 is 1.25 bits per heavy atom. The van der Waals surface area contributed by atoms with E-state index in [1.807, 2.05) is 42.6 Å². The third-order valence-corrected chi connectivity index (χ3v) is 4.40. The maximum atomic E-state index is 12.5. The number of aromatic nitrogens is 3. The molecule has 0 radical (unpaired) electrons. The van der Waals surface area contributed by atoms with Gasteiger partial charge in [-0.25, -0.2) is 4.68 Å². The molecule has 1 N–H and O–H groups in total. The lowest BCUT2D eigenvalue weighted by Crippen LogP contribution is -2.12. The number of hydrogen-bond acceptors (Lipinski definition) is 3. The molecule has 4 aromatic rings. The van der Waals surface area contributed by atoms with Crippen molar-refractivity contribution in [2.45, 2.75) is 6.92 Å². The Kier molecular flexibility index (Phi) is 2.31. The van der Waals surface area contributed by atoms with Gasteiger partial charge in [0, 0.05) is 11.6 Å². The molecule has 0 aliphatic rings. The molecule has 4 nitrogen and oxygen atoms in total. The SMILES string of the molecule is Cc1csc(-n2[nH]c3c(cnc4ccccc43)c2=O)c1. The molecule has 0 atom stereocenters. The number of aromatic amines is 1. The van der Waals surface area contributed by atoms with E-state index in [9.17, 15) is 4.79 Å². The standard InChI is InChI=1S/C15H11N3OS/c1-9-6-13(20-8-9)18-15(19)11-7-16-12-5-3-2-4-10(12)14(11)17-18/h2-8,17H,1H3. The highest BCUT2D eigenvalue weighted by Gasteiger charge is 2.12.